The van der Waals surface area contributed by atoms with E-state index in [9.17, 15) is 5.11 Å². The molecule has 2 atom stereocenters. The fraction of sp³-hybridized carbons (Fsp3) is 0.667. The van der Waals surface area contributed by atoms with Crippen molar-refractivity contribution in [1.82, 2.24) is 5.32 Å². The molecule has 1 fully saturated rings. The largest absolute Gasteiger partial charge is 0.394 e. The van der Waals surface area contributed by atoms with Gasteiger partial charge in [0.2, 0.25) is 0 Å². The lowest BCUT2D eigenvalue weighted by atomic mass is 10.2. The van der Waals surface area contributed by atoms with Crippen molar-refractivity contribution in [3.05, 3.63) is 21.9 Å². The minimum absolute atomic E-state index is 0.0582. The highest BCUT2D eigenvalue weighted by molar-refractivity contribution is 7.12. The van der Waals surface area contributed by atoms with E-state index in [1.807, 2.05) is 0 Å². The predicted octanol–water partition coefficient (Wildman–Crippen LogP) is 1.86. The van der Waals surface area contributed by atoms with Crippen molar-refractivity contribution >= 4 is 11.3 Å². The molecule has 0 spiro atoms. The molecule has 0 aromatic carbocycles. The second-order valence-corrected chi connectivity index (χ2v) is 5.55. The van der Waals surface area contributed by atoms with Gasteiger partial charge in [0.25, 0.3) is 0 Å². The molecule has 0 aliphatic carbocycles. The summed E-state index contributed by atoms with van der Waals surface area (Å²) in [6, 6.07) is 4.24. The smallest absolute Gasteiger partial charge is 0.0700 e. The van der Waals surface area contributed by atoms with Crippen molar-refractivity contribution in [1.29, 1.82) is 0 Å². The molecule has 1 saturated heterocycles. The number of hydrogen-bond acceptors (Lipinski definition) is 4. The molecule has 0 amide bonds. The molecule has 2 rings (SSSR count). The fourth-order valence-corrected chi connectivity index (χ4v) is 2.92. The summed E-state index contributed by atoms with van der Waals surface area (Å²) in [5.41, 5.74) is 0. The molecule has 2 unspecified atom stereocenters. The van der Waals surface area contributed by atoms with Gasteiger partial charge in [-0.15, -0.1) is 11.3 Å². The van der Waals surface area contributed by atoms with Gasteiger partial charge in [-0.2, -0.15) is 0 Å². The van der Waals surface area contributed by atoms with E-state index in [0.717, 1.165) is 26.0 Å². The Morgan fingerprint density at radius 3 is 3.06 bits per heavy atom. The third kappa shape index (κ3) is 3.04. The van der Waals surface area contributed by atoms with Crippen molar-refractivity contribution in [3.63, 3.8) is 0 Å². The molecule has 0 saturated carbocycles. The molecule has 2 heterocycles. The first-order valence-corrected chi connectivity index (χ1v) is 6.63. The van der Waals surface area contributed by atoms with Crippen LogP contribution in [-0.2, 0) is 4.74 Å². The second kappa shape index (κ2) is 5.77. The molecule has 16 heavy (non-hydrogen) atoms. The molecule has 1 aromatic rings. The molecule has 1 aliphatic rings. The maximum atomic E-state index is 9.37. The highest BCUT2D eigenvalue weighted by Gasteiger charge is 2.18. The van der Waals surface area contributed by atoms with Gasteiger partial charge < -0.3 is 15.2 Å². The summed E-state index contributed by atoms with van der Waals surface area (Å²) in [5, 5.41) is 12.7. The lowest BCUT2D eigenvalue weighted by Crippen LogP contribution is -2.31. The summed E-state index contributed by atoms with van der Waals surface area (Å²) < 4.78 is 5.55. The van der Waals surface area contributed by atoms with Gasteiger partial charge in [0.1, 0.15) is 0 Å². The van der Waals surface area contributed by atoms with Crippen molar-refractivity contribution in [2.45, 2.75) is 31.9 Å². The summed E-state index contributed by atoms with van der Waals surface area (Å²) >= 11 is 1.74. The first-order valence-electron chi connectivity index (χ1n) is 5.82. The van der Waals surface area contributed by atoms with Gasteiger partial charge in [-0.05, 0) is 31.9 Å². The van der Waals surface area contributed by atoms with E-state index in [1.54, 1.807) is 11.3 Å². The number of hydrogen-bond donors (Lipinski definition) is 2. The van der Waals surface area contributed by atoms with Gasteiger partial charge in [0.05, 0.1) is 18.8 Å². The number of thiophene rings is 1. The third-order valence-electron chi connectivity index (χ3n) is 2.90. The summed E-state index contributed by atoms with van der Waals surface area (Å²) in [7, 11) is 0. The highest BCUT2D eigenvalue weighted by atomic mass is 32.1. The number of aryl methyl sites for hydroxylation is 1. The van der Waals surface area contributed by atoms with Gasteiger partial charge >= 0.3 is 0 Å². The first kappa shape index (κ1) is 12.0. The van der Waals surface area contributed by atoms with E-state index in [1.165, 1.54) is 9.75 Å². The first-order chi connectivity index (χ1) is 7.79. The minimum atomic E-state index is 0.0582. The molecule has 4 heteroatoms. The van der Waals surface area contributed by atoms with Crippen LogP contribution >= 0.6 is 11.3 Å². The number of aliphatic hydroxyl groups is 1. The van der Waals surface area contributed by atoms with Crippen LogP contribution in [-0.4, -0.2) is 31.0 Å². The van der Waals surface area contributed by atoms with Crippen molar-refractivity contribution in [2.75, 3.05) is 19.8 Å². The summed E-state index contributed by atoms with van der Waals surface area (Å²) in [6.07, 6.45) is 2.62. The molecule has 2 N–H and O–H groups in total. The van der Waals surface area contributed by atoms with Crippen LogP contribution in [0.5, 0.6) is 0 Å². The molecule has 90 valence electrons. The van der Waals surface area contributed by atoms with Gasteiger partial charge in [-0.3, -0.25) is 0 Å². The zero-order chi connectivity index (χ0) is 11.4. The van der Waals surface area contributed by atoms with E-state index in [-0.39, 0.29) is 12.6 Å². The van der Waals surface area contributed by atoms with Crippen LogP contribution in [0.25, 0.3) is 0 Å². The van der Waals surface area contributed by atoms with Crippen LogP contribution in [0.15, 0.2) is 12.1 Å². The monoisotopic (exact) mass is 241 g/mol. The molecular weight excluding hydrogens is 222 g/mol. The van der Waals surface area contributed by atoms with E-state index in [4.69, 9.17) is 4.74 Å². The van der Waals surface area contributed by atoms with Crippen LogP contribution in [0.3, 0.4) is 0 Å². The normalized spacial score (nSPS) is 22.5. The van der Waals surface area contributed by atoms with Crippen LogP contribution in [0, 0.1) is 6.92 Å². The van der Waals surface area contributed by atoms with Crippen molar-refractivity contribution in [3.8, 4) is 0 Å². The van der Waals surface area contributed by atoms with E-state index in [0.29, 0.717) is 6.10 Å². The van der Waals surface area contributed by atoms with Crippen LogP contribution in [0.2, 0.25) is 0 Å². The lowest BCUT2D eigenvalue weighted by molar-refractivity contribution is 0.104. The Morgan fingerprint density at radius 1 is 1.62 bits per heavy atom. The predicted molar refractivity (Wildman–Crippen MR) is 65.9 cm³/mol. The number of ether oxygens (including phenoxy) is 1. The highest BCUT2D eigenvalue weighted by Crippen LogP contribution is 2.22. The van der Waals surface area contributed by atoms with E-state index < -0.39 is 0 Å². The zero-order valence-corrected chi connectivity index (χ0v) is 10.4. The van der Waals surface area contributed by atoms with Gasteiger partial charge in [0, 0.05) is 22.9 Å². The Hall–Kier alpha value is -0.420. The molecule has 1 aliphatic heterocycles. The molecule has 1 aromatic heterocycles. The Kier molecular flexibility index (Phi) is 4.35. The van der Waals surface area contributed by atoms with Crippen LogP contribution < -0.4 is 5.32 Å². The van der Waals surface area contributed by atoms with Gasteiger partial charge in [-0.25, -0.2) is 0 Å². The second-order valence-electron chi connectivity index (χ2n) is 4.23. The summed E-state index contributed by atoms with van der Waals surface area (Å²) in [5.74, 6) is 0. The summed E-state index contributed by atoms with van der Waals surface area (Å²) in [4.78, 5) is 2.49. The SMILES string of the molecule is Cc1ccc(C(CO)NCC2CCCO2)s1. The van der Waals surface area contributed by atoms with Crippen molar-refractivity contribution in [2.24, 2.45) is 0 Å². The maximum absolute atomic E-state index is 9.37. The Balaban J connectivity index is 1.85. The molecule has 0 radical (unpaired) electrons. The Bertz CT molecular complexity index is 321. The van der Waals surface area contributed by atoms with Crippen LogP contribution in [0.1, 0.15) is 28.6 Å². The Morgan fingerprint density at radius 2 is 2.50 bits per heavy atom. The quantitative estimate of drug-likeness (QED) is 0.827. The van der Waals surface area contributed by atoms with Gasteiger partial charge in [-0.1, -0.05) is 0 Å². The summed E-state index contributed by atoms with van der Waals surface area (Å²) in [6.45, 7) is 3.95. The average molecular weight is 241 g/mol. The van der Waals surface area contributed by atoms with Gasteiger partial charge in [0.15, 0.2) is 0 Å². The number of nitrogens with one attached hydrogen (secondary N) is 1. The van der Waals surface area contributed by atoms with Crippen LogP contribution in [0.4, 0.5) is 0 Å². The number of aliphatic hydroxyl groups excluding tert-OH is 1. The van der Waals surface area contributed by atoms with Crippen molar-refractivity contribution < 1.29 is 9.84 Å². The molecule has 3 nitrogen and oxygen atoms in total. The Labute approximate surface area is 100 Å². The van der Waals surface area contributed by atoms with E-state index in [2.05, 4.69) is 24.4 Å². The molecule has 0 bridgehead atoms. The lowest BCUT2D eigenvalue weighted by Gasteiger charge is -2.17. The number of rotatable bonds is 5. The minimum Gasteiger partial charge on any atom is -0.394 e. The standard InChI is InChI=1S/C12H19NO2S/c1-9-4-5-12(16-9)11(8-14)13-7-10-3-2-6-15-10/h4-5,10-11,13-14H,2-3,6-8H2,1H3. The average Bonchev–Trinajstić information content (AvgIpc) is 2.91. The topological polar surface area (TPSA) is 41.5 Å². The molecular formula is C12H19NO2S. The fourth-order valence-electron chi connectivity index (χ4n) is 1.97. The zero-order valence-electron chi connectivity index (χ0n) is 9.61. The third-order valence-corrected chi connectivity index (χ3v) is 4.02. The maximum Gasteiger partial charge on any atom is 0.0700 e. The van der Waals surface area contributed by atoms with E-state index >= 15 is 0 Å².